The number of carboxylic acids is 1. The predicted molar refractivity (Wildman–Crippen MR) is 59.6 cm³/mol. The molecule has 3 nitrogen and oxygen atoms in total. The average molecular weight is 261 g/mol. The first-order valence-corrected chi connectivity index (χ1v) is 5.55. The van der Waals surface area contributed by atoms with Crippen molar-refractivity contribution in [2.75, 3.05) is 6.54 Å². The van der Waals surface area contributed by atoms with Crippen LogP contribution in [0.4, 0.5) is 13.2 Å². The lowest BCUT2D eigenvalue weighted by Gasteiger charge is -2.17. The fourth-order valence-corrected chi connectivity index (χ4v) is 1.59. The average Bonchev–Trinajstić information content (AvgIpc) is 2.29. The molecule has 1 unspecified atom stereocenters. The Morgan fingerprint density at radius 2 is 1.89 bits per heavy atom. The summed E-state index contributed by atoms with van der Waals surface area (Å²) in [5, 5.41) is 11.5. The molecule has 0 heterocycles. The standard InChI is InChI=1S/C12H14F3NO2/c1-2-3-16-11(6-12(17)18)7-4-9(14)10(15)5-8(7)13/h4-5,11,16H,2-3,6H2,1H3,(H,17,18). The maximum atomic E-state index is 13.5. The van der Waals surface area contributed by atoms with Gasteiger partial charge in [0.25, 0.3) is 0 Å². The van der Waals surface area contributed by atoms with E-state index in [0.717, 1.165) is 0 Å². The van der Waals surface area contributed by atoms with Gasteiger partial charge in [-0.05, 0) is 19.0 Å². The topological polar surface area (TPSA) is 49.3 Å². The molecule has 18 heavy (non-hydrogen) atoms. The Labute approximate surface area is 103 Å². The summed E-state index contributed by atoms with van der Waals surface area (Å²) < 4.78 is 39.4. The lowest BCUT2D eigenvalue weighted by Crippen LogP contribution is -2.25. The molecule has 0 aliphatic carbocycles. The van der Waals surface area contributed by atoms with Crippen LogP contribution < -0.4 is 5.32 Å². The van der Waals surface area contributed by atoms with Crippen LogP contribution in [0.15, 0.2) is 12.1 Å². The zero-order valence-electron chi connectivity index (χ0n) is 9.84. The Balaban J connectivity index is 3.03. The van der Waals surface area contributed by atoms with Gasteiger partial charge in [-0.2, -0.15) is 0 Å². The number of carboxylic acid groups (broad SMARTS) is 1. The molecule has 1 aromatic rings. The molecule has 100 valence electrons. The van der Waals surface area contributed by atoms with Crippen LogP contribution in [0.2, 0.25) is 0 Å². The van der Waals surface area contributed by atoms with E-state index in [1.807, 2.05) is 6.92 Å². The summed E-state index contributed by atoms with van der Waals surface area (Å²) in [5.74, 6) is -4.59. The van der Waals surface area contributed by atoms with Crippen LogP contribution in [0, 0.1) is 17.5 Å². The van der Waals surface area contributed by atoms with E-state index < -0.39 is 35.9 Å². The molecule has 0 aromatic heterocycles. The molecule has 1 rings (SSSR count). The second-order valence-corrected chi connectivity index (χ2v) is 3.89. The van der Waals surface area contributed by atoms with Crippen molar-refractivity contribution in [3.05, 3.63) is 35.1 Å². The van der Waals surface area contributed by atoms with E-state index >= 15 is 0 Å². The number of nitrogens with one attached hydrogen (secondary N) is 1. The summed E-state index contributed by atoms with van der Waals surface area (Å²) >= 11 is 0. The maximum absolute atomic E-state index is 13.5. The second-order valence-electron chi connectivity index (χ2n) is 3.89. The van der Waals surface area contributed by atoms with Gasteiger partial charge in [-0.15, -0.1) is 0 Å². The fourth-order valence-electron chi connectivity index (χ4n) is 1.59. The van der Waals surface area contributed by atoms with Crippen molar-refractivity contribution >= 4 is 5.97 Å². The minimum Gasteiger partial charge on any atom is -0.481 e. The molecular formula is C12H14F3NO2. The molecule has 0 saturated heterocycles. The quantitative estimate of drug-likeness (QED) is 0.774. The van der Waals surface area contributed by atoms with E-state index in [0.29, 0.717) is 25.1 Å². The first kappa shape index (κ1) is 14.5. The van der Waals surface area contributed by atoms with Gasteiger partial charge < -0.3 is 10.4 Å². The van der Waals surface area contributed by atoms with Gasteiger partial charge in [0.2, 0.25) is 0 Å². The van der Waals surface area contributed by atoms with Crippen molar-refractivity contribution in [1.29, 1.82) is 0 Å². The highest BCUT2D eigenvalue weighted by Gasteiger charge is 2.20. The van der Waals surface area contributed by atoms with Crippen molar-refractivity contribution in [2.24, 2.45) is 0 Å². The van der Waals surface area contributed by atoms with Gasteiger partial charge in [-0.25, -0.2) is 13.2 Å². The van der Waals surface area contributed by atoms with E-state index in [-0.39, 0.29) is 5.56 Å². The van der Waals surface area contributed by atoms with E-state index in [9.17, 15) is 18.0 Å². The number of rotatable bonds is 6. The number of benzene rings is 1. The molecule has 0 spiro atoms. The smallest absolute Gasteiger partial charge is 0.305 e. The fraction of sp³-hybridized carbons (Fsp3) is 0.417. The Morgan fingerprint density at radius 3 is 2.44 bits per heavy atom. The SMILES string of the molecule is CCCNC(CC(=O)O)c1cc(F)c(F)cc1F. The summed E-state index contributed by atoms with van der Waals surface area (Å²) in [7, 11) is 0. The monoisotopic (exact) mass is 261 g/mol. The molecule has 0 fully saturated rings. The molecule has 2 N–H and O–H groups in total. The second kappa shape index (κ2) is 6.39. The van der Waals surface area contributed by atoms with Crippen molar-refractivity contribution in [3.8, 4) is 0 Å². The molecule has 0 bridgehead atoms. The first-order chi connectivity index (χ1) is 8.45. The Hall–Kier alpha value is -1.56. The van der Waals surface area contributed by atoms with Gasteiger partial charge >= 0.3 is 5.97 Å². The van der Waals surface area contributed by atoms with Gasteiger partial charge in [0.15, 0.2) is 11.6 Å². The zero-order chi connectivity index (χ0) is 13.7. The van der Waals surface area contributed by atoms with Gasteiger partial charge in [0, 0.05) is 17.7 Å². The molecule has 0 radical (unpaired) electrons. The highest BCUT2D eigenvalue weighted by molar-refractivity contribution is 5.68. The van der Waals surface area contributed by atoms with Crippen LogP contribution in [-0.2, 0) is 4.79 Å². The summed E-state index contributed by atoms with van der Waals surface area (Å²) in [5.41, 5.74) is -0.176. The summed E-state index contributed by atoms with van der Waals surface area (Å²) in [4.78, 5) is 10.7. The number of carbonyl (C=O) groups is 1. The molecule has 1 atom stereocenters. The zero-order valence-corrected chi connectivity index (χ0v) is 9.84. The first-order valence-electron chi connectivity index (χ1n) is 5.55. The molecule has 1 aromatic carbocycles. The van der Waals surface area contributed by atoms with E-state index in [1.54, 1.807) is 0 Å². The van der Waals surface area contributed by atoms with Crippen LogP contribution in [-0.4, -0.2) is 17.6 Å². The number of hydrogen-bond donors (Lipinski definition) is 2. The van der Waals surface area contributed by atoms with Gasteiger partial charge in [0.05, 0.1) is 6.42 Å². The lowest BCUT2D eigenvalue weighted by molar-refractivity contribution is -0.137. The highest BCUT2D eigenvalue weighted by Crippen LogP contribution is 2.23. The molecule has 0 amide bonds. The summed E-state index contributed by atoms with van der Waals surface area (Å²) in [6.07, 6.45) is 0.309. The van der Waals surface area contributed by atoms with Crippen molar-refractivity contribution in [2.45, 2.75) is 25.8 Å². The lowest BCUT2D eigenvalue weighted by atomic mass is 10.0. The Morgan fingerprint density at radius 1 is 1.28 bits per heavy atom. The molecule has 6 heteroatoms. The number of halogens is 3. The summed E-state index contributed by atoms with van der Waals surface area (Å²) in [6, 6.07) is 0.242. The van der Waals surface area contributed by atoms with E-state index in [4.69, 9.17) is 5.11 Å². The van der Waals surface area contributed by atoms with Crippen molar-refractivity contribution < 1.29 is 23.1 Å². The van der Waals surface area contributed by atoms with Crippen LogP contribution in [0.5, 0.6) is 0 Å². The minimum atomic E-state index is -1.29. The predicted octanol–water partition coefficient (Wildman–Crippen LogP) is 2.62. The van der Waals surface area contributed by atoms with Crippen molar-refractivity contribution in [1.82, 2.24) is 5.32 Å². The molecular weight excluding hydrogens is 247 g/mol. The molecule has 0 aliphatic rings. The Kier molecular flexibility index (Phi) is 5.15. The van der Waals surface area contributed by atoms with Gasteiger partial charge in [-0.3, -0.25) is 4.79 Å². The van der Waals surface area contributed by atoms with Crippen LogP contribution in [0.25, 0.3) is 0 Å². The molecule has 0 saturated carbocycles. The normalized spacial score (nSPS) is 12.4. The van der Waals surface area contributed by atoms with Gasteiger partial charge in [-0.1, -0.05) is 6.92 Å². The van der Waals surface area contributed by atoms with Crippen molar-refractivity contribution in [3.63, 3.8) is 0 Å². The highest BCUT2D eigenvalue weighted by atomic mass is 19.2. The largest absolute Gasteiger partial charge is 0.481 e. The van der Waals surface area contributed by atoms with Gasteiger partial charge in [0.1, 0.15) is 5.82 Å². The number of hydrogen-bond acceptors (Lipinski definition) is 2. The minimum absolute atomic E-state index is 0.176. The summed E-state index contributed by atoms with van der Waals surface area (Å²) in [6.45, 7) is 2.31. The third-order valence-electron chi connectivity index (χ3n) is 2.43. The van der Waals surface area contributed by atoms with Crippen LogP contribution >= 0.6 is 0 Å². The number of aliphatic carboxylic acids is 1. The molecule has 0 aliphatic heterocycles. The van der Waals surface area contributed by atoms with E-state index in [2.05, 4.69) is 5.32 Å². The van der Waals surface area contributed by atoms with Crippen LogP contribution in [0.1, 0.15) is 31.4 Å². The third-order valence-corrected chi connectivity index (χ3v) is 2.43. The third kappa shape index (κ3) is 3.73. The van der Waals surface area contributed by atoms with E-state index in [1.165, 1.54) is 0 Å². The maximum Gasteiger partial charge on any atom is 0.305 e. The Bertz CT molecular complexity index is 438. The van der Waals surface area contributed by atoms with Crippen LogP contribution in [0.3, 0.4) is 0 Å².